The van der Waals surface area contributed by atoms with Gasteiger partial charge >= 0.3 is 6.03 Å². The van der Waals surface area contributed by atoms with Crippen LogP contribution in [0.4, 0.5) is 10.5 Å². The Kier molecular flexibility index (Phi) is 4.90. The number of ether oxygens (including phenoxy) is 1. The molecule has 2 N–H and O–H groups in total. The zero-order chi connectivity index (χ0) is 17.0. The quantitative estimate of drug-likeness (QED) is 0.910. The van der Waals surface area contributed by atoms with Gasteiger partial charge in [0.1, 0.15) is 5.75 Å². The highest BCUT2D eigenvalue weighted by Gasteiger charge is 2.30. The van der Waals surface area contributed by atoms with Crippen molar-refractivity contribution in [2.75, 3.05) is 10.9 Å². The molecule has 0 heterocycles. The Labute approximate surface area is 135 Å². The van der Waals surface area contributed by atoms with Gasteiger partial charge in [-0.1, -0.05) is 18.2 Å². The molecule has 2 rings (SSSR count). The first-order valence-electron chi connectivity index (χ1n) is 7.01. The average molecular weight is 334 g/mol. The number of hydrogen-bond donors (Lipinski definition) is 1. The summed E-state index contributed by atoms with van der Waals surface area (Å²) in [6.07, 6.45) is 0. The van der Waals surface area contributed by atoms with Gasteiger partial charge in [0.25, 0.3) is 10.0 Å². The summed E-state index contributed by atoms with van der Waals surface area (Å²) in [5.41, 5.74) is 6.00. The van der Waals surface area contributed by atoms with Crippen LogP contribution < -0.4 is 14.8 Å². The third-order valence-electron chi connectivity index (χ3n) is 3.19. The van der Waals surface area contributed by atoms with Crippen molar-refractivity contribution in [3.05, 3.63) is 54.1 Å². The molecule has 0 saturated heterocycles. The van der Waals surface area contributed by atoms with Gasteiger partial charge in [-0.25, -0.2) is 13.2 Å². The lowest BCUT2D eigenvalue weighted by atomic mass is 10.2. The van der Waals surface area contributed by atoms with Gasteiger partial charge < -0.3 is 10.5 Å². The van der Waals surface area contributed by atoms with E-state index in [1.165, 1.54) is 18.2 Å². The molecule has 0 atom stereocenters. The first kappa shape index (κ1) is 16.8. The molecular formula is C16H18N2O4S. The van der Waals surface area contributed by atoms with Crippen LogP contribution in [0.15, 0.2) is 53.4 Å². The van der Waals surface area contributed by atoms with Gasteiger partial charge in [-0.15, -0.1) is 0 Å². The van der Waals surface area contributed by atoms with Crippen LogP contribution in [-0.4, -0.2) is 21.1 Å². The Hall–Kier alpha value is -2.54. The first-order chi connectivity index (χ1) is 10.9. The average Bonchev–Trinajstić information content (AvgIpc) is 2.49. The number of aryl methyl sites for hydroxylation is 1. The zero-order valence-corrected chi connectivity index (χ0v) is 13.7. The molecule has 0 unspecified atom stereocenters. The molecule has 0 aliphatic carbocycles. The van der Waals surface area contributed by atoms with Crippen LogP contribution >= 0.6 is 0 Å². The summed E-state index contributed by atoms with van der Waals surface area (Å²) >= 11 is 0. The molecule has 122 valence electrons. The Balaban J connectivity index is 2.50. The van der Waals surface area contributed by atoms with Gasteiger partial charge in [-0.2, -0.15) is 4.31 Å². The molecule has 7 heteroatoms. The maximum Gasteiger partial charge on any atom is 0.333 e. The fourth-order valence-electron chi connectivity index (χ4n) is 2.17. The maximum absolute atomic E-state index is 12.8. The predicted octanol–water partition coefficient (Wildman–Crippen LogP) is 2.67. The highest BCUT2D eigenvalue weighted by Crippen LogP contribution is 2.27. The Morgan fingerprint density at radius 3 is 2.26 bits per heavy atom. The number of hydrogen-bond acceptors (Lipinski definition) is 4. The lowest BCUT2D eigenvalue weighted by Gasteiger charge is -2.21. The van der Waals surface area contributed by atoms with Crippen LogP contribution in [0.25, 0.3) is 0 Å². The number of rotatable bonds is 5. The van der Waals surface area contributed by atoms with Gasteiger partial charge in [0.05, 0.1) is 17.2 Å². The highest BCUT2D eigenvalue weighted by atomic mass is 32.2. The number of carbonyl (C=O) groups excluding carboxylic acids is 1. The lowest BCUT2D eigenvalue weighted by molar-refractivity contribution is 0.257. The Morgan fingerprint density at radius 1 is 1.13 bits per heavy atom. The van der Waals surface area contributed by atoms with E-state index >= 15 is 0 Å². The van der Waals surface area contributed by atoms with E-state index in [-0.39, 0.29) is 10.6 Å². The fourth-order valence-corrected chi connectivity index (χ4v) is 3.73. The summed E-state index contributed by atoms with van der Waals surface area (Å²) in [6, 6.07) is 11.5. The lowest BCUT2D eigenvalue weighted by Crippen LogP contribution is -2.41. The number of sulfonamides is 1. The number of amides is 2. The van der Waals surface area contributed by atoms with E-state index in [2.05, 4.69) is 0 Å². The molecule has 0 radical (unpaired) electrons. The molecule has 0 spiro atoms. The third kappa shape index (κ3) is 3.45. The van der Waals surface area contributed by atoms with E-state index in [4.69, 9.17) is 10.5 Å². The van der Waals surface area contributed by atoms with Crippen LogP contribution in [0.3, 0.4) is 0 Å². The van der Waals surface area contributed by atoms with Gasteiger partial charge in [0.2, 0.25) is 0 Å². The Bertz CT molecular complexity index is 801. The van der Waals surface area contributed by atoms with Crippen molar-refractivity contribution in [1.82, 2.24) is 0 Å². The molecule has 0 fully saturated rings. The van der Waals surface area contributed by atoms with E-state index < -0.39 is 16.1 Å². The molecule has 0 saturated carbocycles. The van der Waals surface area contributed by atoms with E-state index in [1.54, 1.807) is 37.3 Å². The van der Waals surface area contributed by atoms with Crippen molar-refractivity contribution < 1.29 is 17.9 Å². The molecule has 6 nitrogen and oxygen atoms in total. The van der Waals surface area contributed by atoms with Crippen molar-refractivity contribution in [3.8, 4) is 5.75 Å². The number of anilines is 1. The predicted molar refractivity (Wildman–Crippen MR) is 88.0 cm³/mol. The van der Waals surface area contributed by atoms with Gasteiger partial charge in [-0.3, -0.25) is 0 Å². The van der Waals surface area contributed by atoms with Gasteiger partial charge in [-0.05, 0) is 49.7 Å². The molecule has 2 aromatic carbocycles. The van der Waals surface area contributed by atoms with Crippen LogP contribution in [-0.2, 0) is 10.0 Å². The standard InChI is InChI=1S/C16H18N2O4S/c1-3-22-14-10-8-13(9-11-14)18(16(17)19)23(20,21)15-7-5-4-6-12(15)2/h4-11H,3H2,1-2H3,(H2,17,19). The normalized spacial score (nSPS) is 11.0. The molecule has 0 bridgehead atoms. The van der Waals surface area contributed by atoms with Crippen LogP contribution in [0, 0.1) is 6.92 Å². The number of nitrogens with zero attached hydrogens (tertiary/aromatic N) is 1. The number of nitrogens with two attached hydrogens (primary N) is 1. The minimum atomic E-state index is -4.09. The topological polar surface area (TPSA) is 89.7 Å². The van der Waals surface area contributed by atoms with E-state index in [1.807, 2.05) is 6.92 Å². The van der Waals surface area contributed by atoms with Crippen molar-refractivity contribution in [3.63, 3.8) is 0 Å². The smallest absolute Gasteiger partial charge is 0.333 e. The Morgan fingerprint density at radius 2 is 1.74 bits per heavy atom. The van der Waals surface area contributed by atoms with E-state index in [9.17, 15) is 13.2 Å². The summed E-state index contributed by atoms with van der Waals surface area (Å²) < 4.78 is 31.5. The summed E-state index contributed by atoms with van der Waals surface area (Å²) in [4.78, 5) is 11.8. The molecule has 2 aromatic rings. The first-order valence-corrected chi connectivity index (χ1v) is 8.45. The van der Waals surface area contributed by atoms with Gasteiger partial charge in [0.15, 0.2) is 0 Å². The van der Waals surface area contributed by atoms with Crippen molar-refractivity contribution in [1.29, 1.82) is 0 Å². The number of carbonyl (C=O) groups is 1. The second-order valence-electron chi connectivity index (χ2n) is 4.80. The molecule has 23 heavy (non-hydrogen) atoms. The summed E-state index contributed by atoms with van der Waals surface area (Å²) in [5, 5.41) is 0. The molecule has 0 aliphatic heterocycles. The molecule has 0 aliphatic rings. The van der Waals surface area contributed by atoms with Crippen molar-refractivity contribution >= 4 is 21.7 Å². The fraction of sp³-hybridized carbons (Fsp3) is 0.188. The number of benzene rings is 2. The zero-order valence-electron chi connectivity index (χ0n) is 12.9. The highest BCUT2D eigenvalue weighted by molar-refractivity contribution is 7.93. The SMILES string of the molecule is CCOc1ccc(N(C(N)=O)S(=O)(=O)c2ccccc2C)cc1. The van der Waals surface area contributed by atoms with E-state index in [0.717, 1.165) is 0 Å². The molecular weight excluding hydrogens is 316 g/mol. The summed E-state index contributed by atoms with van der Waals surface area (Å²) in [7, 11) is -4.09. The molecule has 2 amide bonds. The summed E-state index contributed by atoms with van der Waals surface area (Å²) in [5.74, 6) is 0.578. The third-order valence-corrected chi connectivity index (χ3v) is 5.08. The summed E-state index contributed by atoms with van der Waals surface area (Å²) in [6.45, 7) is 3.98. The second-order valence-corrected chi connectivity index (χ2v) is 6.56. The maximum atomic E-state index is 12.8. The largest absolute Gasteiger partial charge is 0.494 e. The monoisotopic (exact) mass is 334 g/mol. The van der Waals surface area contributed by atoms with Crippen LogP contribution in [0.5, 0.6) is 5.75 Å². The number of urea groups is 1. The molecule has 0 aromatic heterocycles. The van der Waals surface area contributed by atoms with Gasteiger partial charge in [0, 0.05) is 0 Å². The minimum absolute atomic E-state index is 0.0349. The van der Waals surface area contributed by atoms with Crippen molar-refractivity contribution in [2.45, 2.75) is 18.7 Å². The van der Waals surface area contributed by atoms with Crippen LogP contribution in [0.1, 0.15) is 12.5 Å². The number of primary amides is 1. The minimum Gasteiger partial charge on any atom is -0.494 e. The second kappa shape index (κ2) is 6.70. The van der Waals surface area contributed by atoms with Crippen LogP contribution in [0.2, 0.25) is 0 Å². The van der Waals surface area contributed by atoms with Crippen molar-refractivity contribution in [2.24, 2.45) is 5.73 Å². The van der Waals surface area contributed by atoms with E-state index in [0.29, 0.717) is 22.2 Å².